The van der Waals surface area contributed by atoms with E-state index in [9.17, 15) is 19.3 Å². The van der Waals surface area contributed by atoms with E-state index in [0.717, 1.165) is 33.8 Å². The molecule has 0 fully saturated rings. The second kappa shape index (κ2) is 8.27. The lowest BCUT2D eigenvalue weighted by molar-refractivity contribution is -0.384. The highest BCUT2D eigenvalue weighted by molar-refractivity contribution is 9.10. The van der Waals surface area contributed by atoms with Crippen molar-refractivity contribution in [2.75, 3.05) is 11.9 Å². The van der Waals surface area contributed by atoms with Gasteiger partial charge in [-0.1, -0.05) is 29.8 Å². The molecule has 0 unspecified atom stereocenters. The van der Waals surface area contributed by atoms with Crippen LogP contribution in [0, 0.1) is 22.9 Å². The lowest BCUT2D eigenvalue weighted by atomic mass is 10.0. The maximum absolute atomic E-state index is 13.7. The number of ether oxygens (including phenoxy) is 1. The molecule has 0 atom stereocenters. The Morgan fingerprint density at radius 2 is 2.04 bits per heavy atom. The van der Waals surface area contributed by atoms with Crippen LogP contribution in [0.3, 0.4) is 0 Å². The van der Waals surface area contributed by atoms with Crippen LogP contribution in [-0.2, 0) is 4.79 Å². The van der Waals surface area contributed by atoms with Crippen LogP contribution >= 0.6 is 15.9 Å². The molecule has 1 amide bonds. The van der Waals surface area contributed by atoms with Gasteiger partial charge >= 0.3 is 0 Å². The van der Waals surface area contributed by atoms with E-state index in [1.807, 2.05) is 32.9 Å². The Bertz CT molecular complexity index is 855. The molecule has 2 aromatic rings. The lowest BCUT2D eigenvalue weighted by Crippen LogP contribution is -2.21. The number of hydrogen-bond donors (Lipinski definition) is 1. The van der Waals surface area contributed by atoms with Gasteiger partial charge in [-0.2, -0.15) is 0 Å². The van der Waals surface area contributed by atoms with E-state index >= 15 is 0 Å². The number of non-ortho nitro benzene ring substituents is 1. The van der Waals surface area contributed by atoms with E-state index in [1.54, 1.807) is 0 Å². The van der Waals surface area contributed by atoms with E-state index in [4.69, 9.17) is 4.74 Å². The predicted molar refractivity (Wildman–Crippen MR) is 100 cm³/mol. The summed E-state index contributed by atoms with van der Waals surface area (Å²) in [4.78, 5) is 22.2. The van der Waals surface area contributed by atoms with E-state index in [2.05, 4.69) is 21.2 Å². The Hall–Kier alpha value is -2.48. The number of carbonyl (C=O) groups is 1. The summed E-state index contributed by atoms with van der Waals surface area (Å²) in [6, 6.07) is 6.69. The second-order valence-electron chi connectivity index (χ2n) is 6.05. The molecule has 6 nitrogen and oxygen atoms in total. The van der Waals surface area contributed by atoms with Crippen LogP contribution in [0.4, 0.5) is 15.8 Å². The van der Waals surface area contributed by atoms with Crippen LogP contribution in [0.15, 0.2) is 34.8 Å². The number of anilines is 1. The van der Waals surface area contributed by atoms with Gasteiger partial charge in [0, 0.05) is 16.6 Å². The van der Waals surface area contributed by atoms with Crippen molar-refractivity contribution in [3.63, 3.8) is 0 Å². The highest BCUT2D eigenvalue weighted by Crippen LogP contribution is 2.32. The van der Waals surface area contributed by atoms with Gasteiger partial charge in [0.15, 0.2) is 6.61 Å². The van der Waals surface area contributed by atoms with E-state index in [1.165, 1.54) is 0 Å². The van der Waals surface area contributed by atoms with Gasteiger partial charge in [-0.3, -0.25) is 14.9 Å². The largest absolute Gasteiger partial charge is 0.483 e. The SMILES string of the molecule is Cc1cc(OCC(=O)Nc2cc([N+](=O)[O-])ccc2F)c(C(C)C)cc1Br. The van der Waals surface area contributed by atoms with Crippen LogP contribution in [0.5, 0.6) is 5.75 Å². The van der Waals surface area contributed by atoms with Crippen LogP contribution in [-0.4, -0.2) is 17.4 Å². The summed E-state index contributed by atoms with van der Waals surface area (Å²) in [5.41, 5.74) is 1.31. The molecule has 0 aliphatic heterocycles. The Morgan fingerprint density at radius 3 is 2.65 bits per heavy atom. The minimum atomic E-state index is -0.758. The lowest BCUT2D eigenvalue weighted by Gasteiger charge is -2.16. The van der Waals surface area contributed by atoms with E-state index in [0.29, 0.717) is 5.75 Å². The van der Waals surface area contributed by atoms with Gasteiger partial charge in [-0.15, -0.1) is 0 Å². The Morgan fingerprint density at radius 1 is 1.35 bits per heavy atom. The zero-order chi connectivity index (χ0) is 19.4. The minimum absolute atomic E-state index is 0.180. The number of amides is 1. The van der Waals surface area contributed by atoms with Gasteiger partial charge in [0.1, 0.15) is 11.6 Å². The number of aryl methyl sites for hydroxylation is 1. The van der Waals surface area contributed by atoms with Crippen LogP contribution < -0.4 is 10.1 Å². The third kappa shape index (κ3) is 4.78. The van der Waals surface area contributed by atoms with Crippen molar-refractivity contribution in [3.05, 3.63) is 61.9 Å². The summed E-state index contributed by atoms with van der Waals surface area (Å²) in [5.74, 6) is -0.625. The number of nitrogens with one attached hydrogen (secondary N) is 1. The molecule has 0 heterocycles. The molecule has 0 aromatic heterocycles. The van der Waals surface area contributed by atoms with Crippen molar-refractivity contribution in [2.45, 2.75) is 26.7 Å². The first-order valence-electron chi connectivity index (χ1n) is 7.85. The third-order valence-corrected chi connectivity index (χ3v) is 4.56. The molecular weight excluding hydrogens is 407 g/mol. The summed E-state index contributed by atoms with van der Waals surface area (Å²) >= 11 is 3.47. The summed E-state index contributed by atoms with van der Waals surface area (Å²) in [5, 5.41) is 13.1. The minimum Gasteiger partial charge on any atom is -0.483 e. The van der Waals surface area contributed by atoms with Crippen molar-refractivity contribution in [2.24, 2.45) is 0 Å². The number of carbonyl (C=O) groups excluding carboxylic acids is 1. The molecule has 0 aliphatic rings. The summed E-state index contributed by atoms with van der Waals surface area (Å²) in [7, 11) is 0. The molecule has 0 bridgehead atoms. The van der Waals surface area contributed by atoms with E-state index < -0.39 is 16.6 Å². The summed E-state index contributed by atoms with van der Waals surface area (Å²) in [6.07, 6.45) is 0. The van der Waals surface area contributed by atoms with E-state index in [-0.39, 0.29) is 23.9 Å². The summed E-state index contributed by atoms with van der Waals surface area (Å²) in [6.45, 7) is 5.56. The Labute approximate surface area is 158 Å². The summed E-state index contributed by atoms with van der Waals surface area (Å²) < 4.78 is 20.3. The number of nitro groups is 1. The van der Waals surface area contributed by atoms with Gasteiger partial charge in [0.2, 0.25) is 0 Å². The fourth-order valence-electron chi connectivity index (χ4n) is 2.30. The predicted octanol–water partition coefficient (Wildman–Crippen LogP) is 4.95. The molecular formula is C18H18BrFN2O4. The fourth-order valence-corrected chi connectivity index (χ4v) is 2.66. The first kappa shape index (κ1) is 19.8. The molecule has 0 saturated carbocycles. The molecule has 1 N–H and O–H groups in total. The molecule has 138 valence electrons. The van der Waals surface area contributed by atoms with Crippen molar-refractivity contribution in [1.82, 2.24) is 0 Å². The van der Waals surface area contributed by atoms with Crippen molar-refractivity contribution < 1.29 is 18.8 Å². The molecule has 26 heavy (non-hydrogen) atoms. The number of hydrogen-bond acceptors (Lipinski definition) is 4. The zero-order valence-electron chi connectivity index (χ0n) is 14.5. The average molecular weight is 425 g/mol. The zero-order valence-corrected chi connectivity index (χ0v) is 16.1. The van der Waals surface area contributed by atoms with Gasteiger partial charge in [-0.05, 0) is 42.2 Å². The number of nitro benzene ring substituents is 1. The van der Waals surface area contributed by atoms with Gasteiger partial charge in [-0.25, -0.2) is 4.39 Å². The fraction of sp³-hybridized carbons (Fsp3) is 0.278. The molecule has 2 aromatic carbocycles. The number of nitrogens with zero attached hydrogens (tertiary/aromatic N) is 1. The smallest absolute Gasteiger partial charge is 0.271 e. The highest BCUT2D eigenvalue weighted by atomic mass is 79.9. The molecule has 2 rings (SSSR count). The first-order chi connectivity index (χ1) is 12.2. The number of rotatable bonds is 6. The van der Waals surface area contributed by atoms with Gasteiger partial charge in [0.05, 0.1) is 10.6 Å². The second-order valence-corrected chi connectivity index (χ2v) is 6.91. The molecule has 0 saturated heterocycles. The molecule has 8 heteroatoms. The average Bonchev–Trinajstić information content (AvgIpc) is 2.57. The highest BCUT2D eigenvalue weighted by Gasteiger charge is 2.15. The quantitative estimate of drug-likeness (QED) is 0.525. The molecule has 0 radical (unpaired) electrons. The standard InChI is InChI=1S/C18H18BrFN2O4/c1-10(2)13-8-14(19)11(3)6-17(13)26-9-18(23)21-16-7-12(22(24)25)4-5-15(16)20/h4-8,10H,9H2,1-3H3,(H,21,23). The van der Waals surface area contributed by atoms with Crippen LogP contribution in [0.2, 0.25) is 0 Å². The van der Waals surface area contributed by atoms with Gasteiger partial charge < -0.3 is 10.1 Å². The number of benzene rings is 2. The van der Waals surface area contributed by atoms with Crippen LogP contribution in [0.25, 0.3) is 0 Å². The van der Waals surface area contributed by atoms with Crippen molar-refractivity contribution in [3.8, 4) is 5.75 Å². The molecule has 0 spiro atoms. The van der Waals surface area contributed by atoms with Crippen molar-refractivity contribution >= 4 is 33.2 Å². The monoisotopic (exact) mass is 424 g/mol. The Kier molecular flexibility index (Phi) is 6.31. The normalized spacial score (nSPS) is 10.7. The topological polar surface area (TPSA) is 81.5 Å². The maximum Gasteiger partial charge on any atom is 0.271 e. The number of halogens is 2. The van der Waals surface area contributed by atoms with Crippen LogP contribution in [0.1, 0.15) is 30.9 Å². The third-order valence-electron chi connectivity index (χ3n) is 3.71. The molecule has 0 aliphatic carbocycles. The first-order valence-corrected chi connectivity index (χ1v) is 8.65. The van der Waals surface area contributed by atoms with Crippen molar-refractivity contribution in [1.29, 1.82) is 0 Å². The maximum atomic E-state index is 13.7. The Balaban J connectivity index is 2.12. The van der Waals surface area contributed by atoms with Gasteiger partial charge in [0.25, 0.3) is 11.6 Å².